The second-order valence-electron chi connectivity index (χ2n) is 5.24. The lowest BCUT2D eigenvalue weighted by molar-refractivity contribution is -0.143. The molecule has 0 aromatic heterocycles. The molecule has 0 N–H and O–H groups in total. The molecule has 0 saturated carbocycles. The van der Waals surface area contributed by atoms with Crippen LogP contribution in [0.15, 0.2) is 30.3 Å². The second-order valence-corrected chi connectivity index (χ2v) is 5.24. The Kier molecular flexibility index (Phi) is 3.69. The van der Waals surface area contributed by atoms with Crippen LogP contribution in [0.3, 0.4) is 0 Å². The van der Waals surface area contributed by atoms with E-state index >= 15 is 0 Å². The van der Waals surface area contributed by atoms with Gasteiger partial charge >= 0.3 is 6.03 Å². The molecule has 2 heterocycles. The van der Waals surface area contributed by atoms with Gasteiger partial charge in [-0.1, -0.05) is 24.6 Å². The first-order valence-electron chi connectivity index (χ1n) is 7.22. The van der Waals surface area contributed by atoms with Crippen LogP contribution in [0.1, 0.15) is 25.7 Å². The molecule has 1 aromatic carbocycles. The highest BCUT2D eigenvalue weighted by Crippen LogP contribution is 2.23. The van der Waals surface area contributed by atoms with Gasteiger partial charge in [0.15, 0.2) is 0 Å². The quantitative estimate of drug-likeness (QED) is 0.830. The lowest BCUT2D eigenvalue weighted by Crippen LogP contribution is -2.60. The number of para-hydroxylation sites is 1. The number of hydrogen-bond acceptors (Lipinski definition) is 3. The van der Waals surface area contributed by atoms with E-state index in [1.165, 1.54) is 11.4 Å². The number of hydrazine groups is 1. The van der Waals surface area contributed by atoms with Gasteiger partial charge in [-0.25, -0.2) is 9.80 Å². The van der Waals surface area contributed by atoms with Gasteiger partial charge in [-0.05, 0) is 25.0 Å². The van der Waals surface area contributed by atoms with Crippen molar-refractivity contribution >= 4 is 17.6 Å². The van der Waals surface area contributed by atoms with Crippen molar-refractivity contribution in [3.05, 3.63) is 30.3 Å². The average Bonchev–Trinajstić information content (AvgIpc) is 2.49. The van der Waals surface area contributed by atoms with E-state index in [1.807, 2.05) is 35.3 Å². The third-order valence-electron chi connectivity index (χ3n) is 3.88. The SMILES string of the molecule is O=C1CCN(c2ccccc2)C(=O)N1N1CCCCC1. The van der Waals surface area contributed by atoms with Gasteiger partial charge in [0.05, 0.1) is 0 Å². The fourth-order valence-corrected chi connectivity index (χ4v) is 2.83. The van der Waals surface area contributed by atoms with Crippen molar-refractivity contribution in [1.29, 1.82) is 0 Å². The Hall–Kier alpha value is -1.88. The zero-order valence-electron chi connectivity index (χ0n) is 11.5. The summed E-state index contributed by atoms with van der Waals surface area (Å²) in [5.41, 5.74) is 0.854. The minimum atomic E-state index is -0.214. The molecule has 0 spiro atoms. The molecule has 2 aliphatic heterocycles. The van der Waals surface area contributed by atoms with E-state index in [0.717, 1.165) is 31.6 Å². The van der Waals surface area contributed by atoms with Crippen LogP contribution < -0.4 is 4.90 Å². The monoisotopic (exact) mass is 273 g/mol. The summed E-state index contributed by atoms with van der Waals surface area (Å²) in [7, 11) is 0. The Labute approximate surface area is 118 Å². The third-order valence-corrected chi connectivity index (χ3v) is 3.88. The second kappa shape index (κ2) is 5.63. The molecule has 0 aliphatic carbocycles. The summed E-state index contributed by atoms with van der Waals surface area (Å²) in [6, 6.07) is 9.33. The minimum absolute atomic E-state index is 0.0796. The average molecular weight is 273 g/mol. The topological polar surface area (TPSA) is 43.9 Å². The normalized spacial score (nSPS) is 21.4. The maximum Gasteiger partial charge on any atom is 0.346 e. The predicted molar refractivity (Wildman–Crippen MR) is 76.1 cm³/mol. The van der Waals surface area contributed by atoms with E-state index in [2.05, 4.69) is 0 Å². The molecule has 2 saturated heterocycles. The number of imide groups is 1. The zero-order valence-corrected chi connectivity index (χ0v) is 11.5. The first-order valence-corrected chi connectivity index (χ1v) is 7.22. The zero-order chi connectivity index (χ0) is 13.9. The number of carbonyl (C=O) groups is 2. The highest BCUT2D eigenvalue weighted by Gasteiger charge is 2.37. The van der Waals surface area contributed by atoms with E-state index in [1.54, 1.807) is 4.90 Å². The van der Waals surface area contributed by atoms with Crippen molar-refractivity contribution in [3.8, 4) is 0 Å². The summed E-state index contributed by atoms with van der Waals surface area (Å²) in [5.74, 6) is -0.0796. The van der Waals surface area contributed by atoms with Crippen LogP contribution in [-0.4, -0.2) is 41.6 Å². The Morgan fingerprint density at radius 2 is 1.55 bits per heavy atom. The summed E-state index contributed by atoms with van der Waals surface area (Å²) in [6.45, 7) is 2.05. The number of piperidine rings is 1. The molecule has 3 amide bonds. The summed E-state index contributed by atoms with van der Waals surface area (Å²) in [6.07, 6.45) is 3.65. The number of carbonyl (C=O) groups excluding carboxylic acids is 2. The summed E-state index contributed by atoms with van der Waals surface area (Å²) >= 11 is 0. The van der Waals surface area contributed by atoms with E-state index in [9.17, 15) is 9.59 Å². The highest BCUT2D eigenvalue weighted by molar-refractivity contribution is 6.05. The van der Waals surface area contributed by atoms with Crippen molar-refractivity contribution in [2.24, 2.45) is 0 Å². The van der Waals surface area contributed by atoms with Crippen LogP contribution >= 0.6 is 0 Å². The first kappa shape index (κ1) is 13.1. The number of benzene rings is 1. The molecular formula is C15H19N3O2. The number of rotatable bonds is 2. The van der Waals surface area contributed by atoms with Gasteiger partial charge in [-0.3, -0.25) is 9.69 Å². The Balaban J connectivity index is 1.82. The molecule has 0 bridgehead atoms. The first-order chi connectivity index (χ1) is 9.77. The van der Waals surface area contributed by atoms with Crippen LogP contribution in [-0.2, 0) is 4.79 Å². The molecule has 0 radical (unpaired) electrons. The van der Waals surface area contributed by atoms with Crippen LogP contribution in [0.2, 0.25) is 0 Å². The Bertz CT molecular complexity index is 497. The third kappa shape index (κ3) is 2.41. The van der Waals surface area contributed by atoms with Crippen LogP contribution in [0.4, 0.5) is 10.5 Å². The molecule has 106 valence electrons. The van der Waals surface area contributed by atoms with Gasteiger partial charge < -0.3 is 0 Å². The smallest absolute Gasteiger partial charge is 0.292 e. The predicted octanol–water partition coefficient (Wildman–Crippen LogP) is 2.25. The Morgan fingerprint density at radius 3 is 2.25 bits per heavy atom. The molecule has 2 aliphatic rings. The van der Waals surface area contributed by atoms with Gasteiger partial charge in [-0.2, -0.15) is 5.01 Å². The molecule has 1 aromatic rings. The number of amides is 3. The summed E-state index contributed by atoms with van der Waals surface area (Å²) in [4.78, 5) is 26.4. The maximum atomic E-state index is 12.6. The van der Waals surface area contributed by atoms with Gasteiger partial charge in [0.1, 0.15) is 0 Å². The van der Waals surface area contributed by atoms with Gasteiger partial charge in [-0.15, -0.1) is 0 Å². The van der Waals surface area contributed by atoms with Crippen molar-refractivity contribution in [1.82, 2.24) is 10.0 Å². The molecular weight excluding hydrogens is 254 g/mol. The van der Waals surface area contributed by atoms with E-state index in [0.29, 0.717) is 13.0 Å². The number of nitrogens with zero attached hydrogens (tertiary/aromatic N) is 3. The lowest BCUT2D eigenvalue weighted by Gasteiger charge is -2.41. The van der Waals surface area contributed by atoms with Gasteiger partial charge in [0.2, 0.25) is 5.91 Å². The molecule has 20 heavy (non-hydrogen) atoms. The van der Waals surface area contributed by atoms with Crippen LogP contribution in [0, 0.1) is 0 Å². The van der Waals surface area contributed by atoms with Crippen molar-refractivity contribution < 1.29 is 9.59 Å². The maximum absolute atomic E-state index is 12.6. The molecule has 3 rings (SSSR count). The highest BCUT2D eigenvalue weighted by atomic mass is 16.2. The molecule has 0 unspecified atom stereocenters. The van der Waals surface area contributed by atoms with Crippen molar-refractivity contribution in [2.45, 2.75) is 25.7 Å². The van der Waals surface area contributed by atoms with Crippen molar-refractivity contribution in [3.63, 3.8) is 0 Å². The Morgan fingerprint density at radius 1 is 0.850 bits per heavy atom. The molecule has 0 atom stereocenters. The van der Waals surface area contributed by atoms with Crippen LogP contribution in [0.25, 0.3) is 0 Å². The van der Waals surface area contributed by atoms with Crippen molar-refractivity contribution in [2.75, 3.05) is 24.5 Å². The minimum Gasteiger partial charge on any atom is -0.292 e. The van der Waals surface area contributed by atoms with Gasteiger partial charge in [0, 0.05) is 31.7 Å². The lowest BCUT2D eigenvalue weighted by atomic mass is 10.1. The van der Waals surface area contributed by atoms with E-state index in [4.69, 9.17) is 0 Å². The number of urea groups is 1. The van der Waals surface area contributed by atoms with Crippen LogP contribution in [0.5, 0.6) is 0 Å². The number of hydrogen-bond donors (Lipinski definition) is 0. The number of anilines is 1. The molecule has 5 heteroatoms. The summed E-state index contributed by atoms with van der Waals surface area (Å²) in [5, 5.41) is 3.26. The summed E-state index contributed by atoms with van der Waals surface area (Å²) < 4.78 is 0. The standard InChI is InChI=1S/C15H19N3O2/c19-14-9-12-17(13-7-3-1-4-8-13)15(20)18(14)16-10-5-2-6-11-16/h1,3-4,7-8H,2,5-6,9-12H2. The fraction of sp³-hybridized carbons (Fsp3) is 0.467. The molecule has 2 fully saturated rings. The molecule has 5 nitrogen and oxygen atoms in total. The largest absolute Gasteiger partial charge is 0.346 e. The fourth-order valence-electron chi connectivity index (χ4n) is 2.83. The van der Waals surface area contributed by atoms with E-state index in [-0.39, 0.29) is 11.9 Å². The van der Waals surface area contributed by atoms with Gasteiger partial charge in [0.25, 0.3) is 0 Å². The van der Waals surface area contributed by atoms with E-state index < -0.39 is 0 Å².